The lowest BCUT2D eigenvalue weighted by Crippen LogP contribution is -2.94. The van der Waals surface area contributed by atoms with Crippen LogP contribution in [0.2, 0.25) is 0 Å². The van der Waals surface area contributed by atoms with Crippen LogP contribution >= 0.6 is 0 Å². The molecule has 3 heterocycles. The molecule has 8 heteroatoms. The van der Waals surface area contributed by atoms with Gasteiger partial charge in [0.05, 0.1) is 23.9 Å². The van der Waals surface area contributed by atoms with Crippen molar-refractivity contribution >= 4 is 5.78 Å². The number of carbonyl (C=O) groups excluding carboxylic acids is 1. The van der Waals surface area contributed by atoms with Gasteiger partial charge >= 0.3 is 0 Å². The number of epoxide rings is 1. The third kappa shape index (κ3) is 5.71. The molecule has 8 rings (SSSR count). The van der Waals surface area contributed by atoms with Crippen molar-refractivity contribution in [2.45, 2.75) is 191 Å². The fourth-order valence-electron chi connectivity index (χ4n) is 14.5. The summed E-state index contributed by atoms with van der Waals surface area (Å²) in [5, 5.41) is 38.9. The average molecular weight is 726 g/mol. The Hall–Kier alpha value is -0.870. The van der Waals surface area contributed by atoms with E-state index in [9.17, 15) is 20.1 Å². The molecule has 0 aromatic heterocycles. The third-order valence-corrected chi connectivity index (χ3v) is 18.0. The van der Waals surface area contributed by atoms with Crippen LogP contribution in [0, 0.1) is 51.8 Å². The number of fused-ring (bicyclic) bond motifs is 5. The maximum Gasteiger partial charge on any atom is 0.159 e. The lowest BCUT2D eigenvalue weighted by Gasteiger charge is -2.64. The van der Waals surface area contributed by atoms with E-state index in [1.54, 1.807) is 0 Å². The first-order valence-electron chi connectivity index (χ1n) is 21.9. The van der Waals surface area contributed by atoms with Gasteiger partial charge in [-0.05, 0) is 149 Å². The van der Waals surface area contributed by atoms with Crippen LogP contribution in [0.1, 0.15) is 150 Å². The molecule has 7 N–H and O–H groups in total. The zero-order chi connectivity index (χ0) is 36.9. The van der Waals surface area contributed by atoms with Crippen molar-refractivity contribution in [1.29, 1.82) is 0 Å². The maximum atomic E-state index is 14.4. The smallest absolute Gasteiger partial charge is 0.159 e. The molecular formula is C44H73N2O6+. The topological polar surface area (TPSA) is 142 Å². The summed E-state index contributed by atoms with van der Waals surface area (Å²) in [7, 11) is 0. The van der Waals surface area contributed by atoms with Crippen LogP contribution in [-0.4, -0.2) is 75.5 Å². The molecule has 4 saturated carbocycles. The van der Waals surface area contributed by atoms with Crippen molar-refractivity contribution in [3.05, 3.63) is 11.6 Å². The number of carbonyl (C=O) groups is 1. The van der Waals surface area contributed by atoms with Gasteiger partial charge in [-0.25, -0.2) is 0 Å². The molecule has 0 aromatic rings. The Morgan fingerprint density at radius 2 is 1.75 bits per heavy atom. The predicted molar refractivity (Wildman–Crippen MR) is 201 cm³/mol. The van der Waals surface area contributed by atoms with E-state index in [1.165, 1.54) is 38.5 Å². The van der Waals surface area contributed by atoms with E-state index >= 15 is 0 Å². The third-order valence-electron chi connectivity index (χ3n) is 18.0. The van der Waals surface area contributed by atoms with Gasteiger partial charge in [0.25, 0.3) is 0 Å². The Morgan fingerprint density at radius 3 is 2.48 bits per heavy atom. The zero-order valence-corrected chi connectivity index (χ0v) is 33.2. The standard InChI is InChI=1S/C44H72N2O6/c1-27-16-22-51-43(26-27,38-37(52-38)41(5,49)39(2,3)17-11-28-15-21-46-36(45)23-28)35-14-20-44(50)32-25-34(48)33-24-30(47)12-19-42(33,29-9-7-6-8-10-29)31(32)13-18-40(35,44)4/h25,27-31,33,35-38,46-47,49-50H,6-24,26,45H2,1-5H3/p+1. The van der Waals surface area contributed by atoms with Gasteiger partial charge in [-0.1, -0.05) is 47.0 Å². The second-order valence-electron chi connectivity index (χ2n) is 20.9. The van der Waals surface area contributed by atoms with Crippen LogP contribution < -0.4 is 11.1 Å². The minimum Gasteiger partial charge on any atom is -0.393 e. The number of piperidine rings is 1. The molecule has 0 spiro atoms. The minimum absolute atomic E-state index is 0.0510. The minimum atomic E-state index is -1.08. The molecular weight excluding hydrogens is 652 g/mol. The zero-order valence-electron chi connectivity index (χ0n) is 33.2. The van der Waals surface area contributed by atoms with Crippen LogP contribution in [0.3, 0.4) is 0 Å². The van der Waals surface area contributed by atoms with Crippen molar-refractivity contribution in [1.82, 2.24) is 0 Å². The molecule has 5 aliphatic carbocycles. The summed E-state index contributed by atoms with van der Waals surface area (Å²) >= 11 is 0. The highest BCUT2D eigenvalue weighted by molar-refractivity contribution is 5.95. The number of hydrogen-bond acceptors (Lipinski definition) is 7. The van der Waals surface area contributed by atoms with Crippen molar-refractivity contribution in [2.24, 2.45) is 57.5 Å². The molecule has 0 bridgehead atoms. The maximum absolute atomic E-state index is 14.4. The summed E-state index contributed by atoms with van der Waals surface area (Å²) in [5.41, 5.74) is 3.60. The molecule has 14 unspecified atom stereocenters. The van der Waals surface area contributed by atoms with Crippen molar-refractivity contribution in [3.63, 3.8) is 0 Å². The normalized spacial score (nSPS) is 49.7. The van der Waals surface area contributed by atoms with E-state index in [0.29, 0.717) is 37.2 Å². The second-order valence-corrected chi connectivity index (χ2v) is 20.9. The summed E-state index contributed by atoms with van der Waals surface area (Å²) < 4.78 is 13.9. The van der Waals surface area contributed by atoms with Gasteiger partial charge in [-0.2, -0.15) is 0 Å². The fraction of sp³-hybridized carbons (Fsp3) is 0.932. The van der Waals surface area contributed by atoms with Crippen LogP contribution in [0.5, 0.6) is 0 Å². The van der Waals surface area contributed by atoms with Crippen LogP contribution in [-0.2, 0) is 14.3 Å². The van der Waals surface area contributed by atoms with Gasteiger partial charge in [0, 0.05) is 24.4 Å². The quantitative estimate of drug-likeness (QED) is 0.207. The number of aliphatic hydroxyl groups is 3. The fourth-order valence-corrected chi connectivity index (χ4v) is 14.5. The molecule has 0 amide bonds. The lowest BCUT2D eigenvalue weighted by molar-refractivity contribution is -0.699. The number of hydrogen-bond donors (Lipinski definition) is 5. The first kappa shape index (κ1) is 38.0. The number of rotatable bonds is 8. The van der Waals surface area contributed by atoms with Crippen molar-refractivity contribution < 1.29 is 34.9 Å². The predicted octanol–water partition coefficient (Wildman–Crippen LogP) is 5.55. The Morgan fingerprint density at radius 1 is 0.981 bits per heavy atom. The lowest BCUT2D eigenvalue weighted by atomic mass is 9.41. The summed E-state index contributed by atoms with van der Waals surface area (Å²) in [6.45, 7) is 12.8. The molecule has 14 atom stereocenters. The van der Waals surface area contributed by atoms with E-state index in [-0.39, 0.29) is 52.7 Å². The molecule has 0 radical (unpaired) electrons. The first-order valence-corrected chi connectivity index (χ1v) is 21.9. The van der Waals surface area contributed by atoms with E-state index < -0.39 is 28.3 Å². The summed E-state index contributed by atoms with van der Waals surface area (Å²) in [5.74, 6) is 1.80. The second kappa shape index (κ2) is 13.4. The van der Waals surface area contributed by atoms with Gasteiger partial charge in [0.1, 0.15) is 24.0 Å². The van der Waals surface area contributed by atoms with E-state index in [1.807, 2.05) is 13.0 Å². The highest BCUT2D eigenvalue weighted by Gasteiger charge is 2.75. The highest BCUT2D eigenvalue weighted by Crippen LogP contribution is 2.72. The SMILES string of the molecule is CC1CCOC(C2OC2C(C)(O)C(C)(C)CCC2CC[NH2+]C(N)C2)(C2CCC3(O)C4=CC(=O)C5CC(O)CCC5(C5CCCCC5)C4CCC23C)C1. The molecule has 0 aromatic carbocycles. The summed E-state index contributed by atoms with van der Waals surface area (Å²) in [4.78, 5) is 14.4. The largest absolute Gasteiger partial charge is 0.393 e. The Bertz CT molecular complexity index is 1390. The first-order chi connectivity index (χ1) is 24.6. The highest BCUT2D eigenvalue weighted by atomic mass is 16.6. The van der Waals surface area contributed by atoms with Crippen LogP contribution in [0.4, 0.5) is 0 Å². The van der Waals surface area contributed by atoms with Gasteiger partial charge < -0.3 is 30.1 Å². The molecule has 3 saturated heterocycles. The van der Waals surface area contributed by atoms with Crippen LogP contribution in [0.25, 0.3) is 0 Å². The van der Waals surface area contributed by atoms with E-state index in [2.05, 4.69) is 33.0 Å². The molecule has 294 valence electrons. The summed E-state index contributed by atoms with van der Waals surface area (Å²) in [6.07, 6.45) is 18.8. The van der Waals surface area contributed by atoms with E-state index in [4.69, 9.17) is 15.2 Å². The van der Waals surface area contributed by atoms with Gasteiger partial charge in [-0.15, -0.1) is 0 Å². The van der Waals surface area contributed by atoms with Gasteiger partial charge in [0.15, 0.2) is 5.78 Å². The monoisotopic (exact) mass is 726 g/mol. The molecule has 3 aliphatic heterocycles. The van der Waals surface area contributed by atoms with Crippen molar-refractivity contribution in [3.8, 4) is 0 Å². The van der Waals surface area contributed by atoms with Gasteiger partial charge in [-0.3, -0.25) is 10.5 Å². The average Bonchev–Trinajstić information content (AvgIpc) is 3.88. The van der Waals surface area contributed by atoms with Gasteiger partial charge in [0.2, 0.25) is 0 Å². The number of ketones is 1. The number of ether oxygens (including phenoxy) is 2. The number of quaternary nitrogens is 1. The van der Waals surface area contributed by atoms with Crippen LogP contribution in [0.15, 0.2) is 11.6 Å². The van der Waals surface area contributed by atoms with E-state index in [0.717, 1.165) is 76.3 Å². The number of allylic oxidation sites excluding steroid dienone is 1. The molecule has 7 fully saturated rings. The number of nitrogens with two attached hydrogens (primary N) is 2. The number of aliphatic hydroxyl groups excluding tert-OH is 1. The molecule has 8 nitrogen and oxygen atoms in total. The summed E-state index contributed by atoms with van der Waals surface area (Å²) in [6, 6.07) is 0. The Labute approximate surface area is 313 Å². The Kier molecular flexibility index (Phi) is 9.78. The van der Waals surface area contributed by atoms with Crippen molar-refractivity contribution in [2.75, 3.05) is 13.2 Å². The molecule has 52 heavy (non-hydrogen) atoms. The Balaban J connectivity index is 1.09. The molecule has 8 aliphatic rings.